The van der Waals surface area contributed by atoms with Crippen molar-refractivity contribution >= 4 is 57.8 Å². The molecule has 1 aromatic heterocycles. The highest BCUT2D eigenvalue weighted by Gasteiger charge is 2.24. The zero-order chi connectivity index (χ0) is 22.8. The third-order valence-electron chi connectivity index (χ3n) is 4.95. The number of amides is 1. The van der Waals surface area contributed by atoms with E-state index in [9.17, 15) is 4.79 Å². The van der Waals surface area contributed by atoms with Gasteiger partial charge in [-0.15, -0.1) is 0 Å². The summed E-state index contributed by atoms with van der Waals surface area (Å²) in [4.78, 5) is 17.7. The van der Waals surface area contributed by atoms with Crippen molar-refractivity contribution in [1.82, 2.24) is 9.88 Å². The zero-order valence-electron chi connectivity index (χ0n) is 17.8. The third-order valence-corrected chi connectivity index (χ3v) is 6.60. The van der Waals surface area contributed by atoms with Crippen LogP contribution in [0.5, 0.6) is 5.75 Å². The van der Waals surface area contributed by atoms with Crippen molar-refractivity contribution < 1.29 is 9.53 Å². The van der Waals surface area contributed by atoms with Crippen molar-refractivity contribution in [1.29, 1.82) is 0 Å². The van der Waals surface area contributed by atoms with Crippen LogP contribution in [-0.4, -0.2) is 22.2 Å². The number of nitrogens with zero attached hydrogens (tertiary/aromatic N) is 2. The first-order chi connectivity index (χ1) is 15.4. The van der Waals surface area contributed by atoms with Crippen LogP contribution >= 0.6 is 35.0 Å². The molecule has 1 aliphatic heterocycles. The van der Waals surface area contributed by atoms with Gasteiger partial charge < -0.3 is 14.6 Å². The number of aliphatic imine (C=N–C) groups is 1. The number of amidine groups is 1. The monoisotopic (exact) mass is 485 g/mol. The van der Waals surface area contributed by atoms with Crippen molar-refractivity contribution in [2.75, 3.05) is 6.61 Å². The van der Waals surface area contributed by atoms with E-state index in [-0.39, 0.29) is 5.91 Å². The summed E-state index contributed by atoms with van der Waals surface area (Å²) in [6.45, 7) is 6.57. The lowest BCUT2D eigenvalue weighted by molar-refractivity contribution is -0.115. The predicted octanol–water partition coefficient (Wildman–Crippen LogP) is 6.69. The molecular weight excluding hydrogens is 465 g/mol. The minimum atomic E-state index is -0.168. The zero-order valence-corrected chi connectivity index (χ0v) is 20.1. The fourth-order valence-corrected chi connectivity index (χ4v) is 4.60. The molecule has 32 heavy (non-hydrogen) atoms. The first kappa shape index (κ1) is 22.5. The molecule has 0 aliphatic carbocycles. The number of carbonyl (C=O) groups excluding carboxylic acids is 1. The van der Waals surface area contributed by atoms with Crippen LogP contribution in [0.4, 0.5) is 5.69 Å². The van der Waals surface area contributed by atoms with Crippen LogP contribution in [0.2, 0.25) is 10.0 Å². The summed E-state index contributed by atoms with van der Waals surface area (Å²) in [5, 5.41) is 4.39. The molecule has 0 bridgehead atoms. The van der Waals surface area contributed by atoms with E-state index in [1.54, 1.807) is 6.07 Å². The minimum absolute atomic E-state index is 0.168. The maximum absolute atomic E-state index is 12.5. The Balaban J connectivity index is 1.59. The van der Waals surface area contributed by atoms with Crippen molar-refractivity contribution in [3.63, 3.8) is 0 Å². The lowest BCUT2D eigenvalue weighted by Gasteiger charge is -2.10. The standard InChI is InChI=1S/C24H21Cl2N3O2S/c1-4-31-19-8-5-17(6-9-19)27-24-28-23(30)22(32-24)12-16-11-14(2)29(15(16)3)18-7-10-20(25)21(26)13-18/h5-13H,4H2,1-3H3,(H,27,28,30)/b22-12+. The van der Waals surface area contributed by atoms with E-state index in [1.165, 1.54) is 11.8 Å². The normalized spacial score (nSPS) is 16.1. The number of rotatable bonds is 5. The van der Waals surface area contributed by atoms with E-state index >= 15 is 0 Å². The van der Waals surface area contributed by atoms with Gasteiger partial charge in [-0.1, -0.05) is 23.2 Å². The second-order valence-corrected chi connectivity index (χ2v) is 9.01. The first-order valence-corrected chi connectivity index (χ1v) is 11.6. The first-order valence-electron chi connectivity index (χ1n) is 10.0. The molecule has 1 fully saturated rings. The maximum Gasteiger partial charge on any atom is 0.264 e. The van der Waals surface area contributed by atoms with E-state index in [0.29, 0.717) is 26.7 Å². The summed E-state index contributed by atoms with van der Waals surface area (Å²) < 4.78 is 7.53. The average molecular weight is 486 g/mol. The molecule has 0 spiro atoms. The van der Waals surface area contributed by atoms with E-state index < -0.39 is 0 Å². The smallest absolute Gasteiger partial charge is 0.264 e. The molecule has 0 unspecified atom stereocenters. The number of ether oxygens (including phenoxy) is 1. The third kappa shape index (κ3) is 4.72. The van der Waals surface area contributed by atoms with E-state index in [4.69, 9.17) is 27.9 Å². The van der Waals surface area contributed by atoms with Crippen molar-refractivity contribution in [2.45, 2.75) is 20.8 Å². The average Bonchev–Trinajstić information content (AvgIpc) is 3.24. The maximum atomic E-state index is 12.5. The van der Waals surface area contributed by atoms with Crippen molar-refractivity contribution in [2.24, 2.45) is 4.99 Å². The van der Waals surface area contributed by atoms with Gasteiger partial charge in [0.05, 0.1) is 27.2 Å². The Morgan fingerprint density at radius 1 is 1.09 bits per heavy atom. The van der Waals surface area contributed by atoms with Crippen LogP contribution in [0.1, 0.15) is 23.9 Å². The Morgan fingerprint density at radius 3 is 2.53 bits per heavy atom. The minimum Gasteiger partial charge on any atom is -0.494 e. The number of hydrogen-bond acceptors (Lipinski definition) is 4. The fraction of sp³-hybridized carbons (Fsp3) is 0.167. The van der Waals surface area contributed by atoms with Crippen LogP contribution in [0.25, 0.3) is 11.8 Å². The van der Waals surface area contributed by atoms with Crippen LogP contribution in [0.3, 0.4) is 0 Å². The number of thioether (sulfide) groups is 1. The molecule has 1 aliphatic rings. The van der Waals surface area contributed by atoms with Gasteiger partial charge in [0.1, 0.15) is 5.75 Å². The highest BCUT2D eigenvalue weighted by molar-refractivity contribution is 8.18. The quantitative estimate of drug-likeness (QED) is 0.409. The molecule has 0 atom stereocenters. The van der Waals surface area contributed by atoms with Gasteiger partial charge in [-0.05, 0) is 92.7 Å². The number of aromatic nitrogens is 1. The molecule has 1 saturated heterocycles. The van der Waals surface area contributed by atoms with Gasteiger partial charge in [0.15, 0.2) is 5.17 Å². The summed E-state index contributed by atoms with van der Waals surface area (Å²) in [5.74, 6) is 0.622. The number of aryl methyl sites for hydroxylation is 1. The molecule has 8 heteroatoms. The van der Waals surface area contributed by atoms with E-state index in [1.807, 2.05) is 69.3 Å². The number of nitrogens with one attached hydrogen (secondary N) is 1. The highest BCUT2D eigenvalue weighted by Crippen LogP contribution is 2.32. The molecule has 2 heterocycles. The molecule has 0 radical (unpaired) electrons. The summed E-state index contributed by atoms with van der Waals surface area (Å²) in [7, 11) is 0. The summed E-state index contributed by atoms with van der Waals surface area (Å²) >= 11 is 13.6. The number of benzene rings is 2. The molecule has 1 amide bonds. The molecule has 1 N–H and O–H groups in total. The van der Waals surface area contributed by atoms with Gasteiger partial charge in [0.2, 0.25) is 0 Å². The number of hydrogen-bond donors (Lipinski definition) is 1. The summed E-state index contributed by atoms with van der Waals surface area (Å²) in [5.41, 5.74) is 4.64. The molecule has 2 aromatic carbocycles. The second-order valence-electron chi connectivity index (χ2n) is 7.17. The van der Waals surface area contributed by atoms with Crippen LogP contribution in [0.15, 0.2) is 58.4 Å². The highest BCUT2D eigenvalue weighted by atomic mass is 35.5. The Kier molecular flexibility index (Phi) is 6.65. The summed E-state index contributed by atoms with van der Waals surface area (Å²) in [6, 6.07) is 15.0. The van der Waals surface area contributed by atoms with Crippen LogP contribution in [-0.2, 0) is 4.79 Å². The topological polar surface area (TPSA) is 55.6 Å². The van der Waals surface area contributed by atoms with E-state index in [0.717, 1.165) is 34.1 Å². The van der Waals surface area contributed by atoms with Crippen LogP contribution < -0.4 is 10.1 Å². The Hall–Kier alpha value is -2.67. The van der Waals surface area contributed by atoms with Gasteiger partial charge in [-0.3, -0.25) is 4.79 Å². The lowest BCUT2D eigenvalue weighted by atomic mass is 10.2. The Morgan fingerprint density at radius 2 is 1.84 bits per heavy atom. The predicted molar refractivity (Wildman–Crippen MR) is 134 cm³/mol. The Labute approximate surface area is 201 Å². The molecule has 3 aromatic rings. The second kappa shape index (κ2) is 9.45. The molecule has 5 nitrogen and oxygen atoms in total. The number of halogens is 2. The van der Waals surface area contributed by atoms with Crippen LogP contribution in [0, 0.1) is 13.8 Å². The molecular formula is C24H21Cl2N3O2S. The Bertz CT molecular complexity index is 1250. The number of carbonyl (C=O) groups is 1. The molecule has 164 valence electrons. The lowest BCUT2D eigenvalue weighted by Crippen LogP contribution is -2.19. The molecule has 4 rings (SSSR count). The fourth-order valence-electron chi connectivity index (χ4n) is 3.48. The van der Waals surface area contributed by atoms with Crippen molar-refractivity contribution in [3.05, 3.63) is 80.4 Å². The van der Waals surface area contributed by atoms with Gasteiger partial charge in [0, 0.05) is 17.1 Å². The van der Waals surface area contributed by atoms with Gasteiger partial charge in [0.25, 0.3) is 5.91 Å². The van der Waals surface area contributed by atoms with Crippen molar-refractivity contribution in [3.8, 4) is 11.4 Å². The van der Waals surface area contributed by atoms with Gasteiger partial charge in [-0.2, -0.15) is 0 Å². The van der Waals surface area contributed by atoms with Gasteiger partial charge >= 0.3 is 0 Å². The van der Waals surface area contributed by atoms with Gasteiger partial charge in [-0.25, -0.2) is 4.99 Å². The molecule has 0 saturated carbocycles. The SMILES string of the molecule is CCOc1ccc(N=C2NC(=O)/C(=C\c3cc(C)n(-c4ccc(Cl)c(Cl)c4)c3C)S2)cc1. The largest absolute Gasteiger partial charge is 0.494 e. The summed E-state index contributed by atoms with van der Waals surface area (Å²) in [6.07, 6.45) is 1.89. The van der Waals surface area contributed by atoms with E-state index in [2.05, 4.69) is 14.9 Å².